The van der Waals surface area contributed by atoms with Gasteiger partial charge >= 0.3 is 0 Å². The zero-order chi connectivity index (χ0) is 10.4. The molecule has 14 heavy (non-hydrogen) atoms. The van der Waals surface area contributed by atoms with Crippen LogP contribution in [0.4, 0.5) is 0 Å². The zero-order valence-corrected chi connectivity index (χ0v) is 8.83. The average Bonchev–Trinajstić information content (AvgIpc) is 2.17. The molecule has 0 saturated heterocycles. The predicted octanol–water partition coefficient (Wildman–Crippen LogP) is 1.25. The van der Waals surface area contributed by atoms with Crippen LogP contribution in [0.5, 0.6) is 0 Å². The molecule has 3 nitrogen and oxygen atoms in total. The van der Waals surface area contributed by atoms with Crippen LogP contribution in [0.25, 0.3) is 0 Å². The molecule has 0 aromatic carbocycles. The Morgan fingerprint density at radius 2 is 2.29 bits per heavy atom. The van der Waals surface area contributed by atoms with Gasteiger partial charge in [0.05, 0.1) is 0 Å². The summed E-state index contributed by atoms with van der Waals surface area (Å²) >= 11 is 0. The molecule has 1 heterocycles. The molecular formula is C11H18N2O. The van der Waals surface area contributed by atoms with Crippen molar-refractivity contribution in [1.29, 1.82) is 0 Å². The number of rotatable bonds is 5. The fourth-order valence-electron chi connectivity index (χ4n) is 1.19. The fourth-order valence-corrected chi connectivity index (χ4v) is 1.19. The Hall–Kier alpha value is -0.930. The maximum absolute atomic E-state index is 8.72. The highest BCUT2D eigenvalue weighted by Crippen LogP contribution is 2.00. The first kappa shape index (κ1) is 11.1. The molecule has 1 atom stereocenters. The van der Waals surface area contributed by atoms with E-state index in [2.05, 4.69) is 23.3 Å². The predicted molar refractivity (Wildman–Crippen MR) is 57.0 cm³/mol. The lowest BCUT2D eigenvalue weighted by Crippen LogP contribution is -2.26. The van der Waals surface area contributed by atoms with Crippen LogP contribution in [0, 0.1) is 6.92 Å². The summed E-state index contributed by atoms with van der Waals surface area (Å²) in [5, 5.41) is 12.0. The van der Waals surface area contributed by atoms with Crippen LogP contribution in [0.2, 0.25) is 0 Å². The molecule has 1 aromatic heterocycles. The molecule has 1 aromatic rings. The fraction of sp³-hybridized carbons (Fsp3) is 0.545. The van der Waals surface area contributed by atoms with Crippen molar-refractivity contribution in [2.75, 3.05) is 6.61 Å². The number of aliphatic hydroxyl groups excluding tert-OH is 1. The van der Waals surface area contributed by atoms with Crippen LogP contribution >= 0.6 is 0 Å². The zero-order valence-electron chi connectivity index (χ0n) is 8.83. The summed E-state index contributed by atoms with van der Waals surface area (Å²) in [5.41, 5.74) is 2.22. The first-order valence-corrected chi connectivity index (χ1v) is 4.98. The van der Waals surface area contributed by atoms with Crippen LogP contribution < -0.4 is 5.32 Å². The molecule has 2 N–H and O–H groups in total. The van der Waals surface area contributed by atoms with Gasteiger partial charge in [0.1, 0.15) is 0 Å². The van der Waals surface area contributed by atoms with Crippen molar-refractivity contribution in [3.05, 3.63) is 29.6 Å². The van der Waals surface area contributed by atoms with Gasteiger partial charge in [0.15, 0.2) is 0 Å². The summed E-state index contributed by atoms with van der Waals surface area (Å²) in [4.78, 5) is 4.21. The number of hydrogen-bond donors (Lipinski definition) is 2. The van der Waals surface area contributed by atoms with Gasteiger partial charge in [-0.2, -0.15) is 0 Å². The molecule has 78 valence electrons. The highest BCUT2D eigenvalue weighted by Gasteiger charge is 2.00. The second kappa shape index (κ2) is 5.73. The van der Waals surface area contributed by atoms with Crippen LogP contribution in [-0.2, 0) is 6.54 Å². The quantitative estimate of drug-likeness (QED) is 0.741. The summed E-state index contributed by atoms with van der Waals surface area (Å²) in [6, 6.07) is 4.43. The SMILES string of the molecule is Cc1ccc(CNC(C)CCO)cn1. The Bertz CT molecular complexity index is 258. The van der Waals surface area contributed by atoms with Crippen LogP contribution in [0.3, 0.4) is 0 Å². The van der Waals surface area contributed by atoms with Gasteiger partial charge in [0, 0.05) is 31.1 Å². The maximum atomic E-state index is 8.72. The summed E-state index contributed by atoms with van der Waals surface area (Å²) in [5.74, 6) is 0. The Morgan fingerprint density at radius 1 is 1.50 bits per heavy atom. The minimum Gasteiger partial charge on any atom is -0.396 e. The number of nitrogens with one attached hydrogen (secondary N) is 1. The summed E-state index contributed by atoms with van der Waals surface area (Å²) in [6.45, 7) is 5.10. The van der Waals surface area contributed by atoms with E-state index in [0.29, 0.717) is 6.04 Å². The standard InChI is InChI=1S/C11H18N2O/c1-9-3-4-11(7-12-9)8-13-10(2)5-6-14/h3-4,7,10,13-14H,5-6,8H2,1-2H3. The molecule has 1 rings (SSSR count). The Labute approximate surface area is 85.2 Å². The number of pyridine rings is 1. The van der Waals surface area contributed by atoms with Crippen molar-refractivity contribution in [2.24, 2.45) is 0 Å². The molecule has 0 radical (unpaired) electrons. The number of aliphatic hydroxyl groups is 1. The molecule has 0 aliphatic heterocycles. The third-order valence-corrected chi connectivity index (χ3v) is 2.19. The Balaban J connectivity index is 2.34. The van der Waals surface area contributed by atoms with E-state index in [1.165, 1.54) is 5.56 Å². The second-order valence-corrected chi connectivity index (χ2v) is 3.60. The third-order valence-electron chi connectivity index (χ3n) is 2.19. The smallest absolute Gasteiger partial charge is 0.0445 e. The van der Waals surface area contributed by atoms with E-state index in [9.17, 15) is 0 Å². The van der Waals surface area contributed by atoms with Crippen molar-refractivity contribution in [1.82, 2.24) is 10.3 Å². The molecule has 0 fully saturated rings. The first-order valence-electron chi connectivity index (χ1n) is 4.98. The molecule has 1 unspecified atom stereocenters. The van der Waals surface area contributed by atoms with E-state index in [1.807, 2.05) is 19.2 Å². The lowest BCUT2D eigenvalue weighted by Gasteiger charge is -2.11. The molecule has 0 bridgehead atoms. The third kappa shape index (κ3) is 3.85. The van der Waals surface area contributed by atoms with Gasteiger partial charge in [-0.05, 0) is 31.9 Å². The van der Waals surface area contributed by atoms with Gasteiger partial charge in [0.2, 0.25) is 0 Å². The van der Waals surface area contributed by atoms with Crippen molar-refractivity contribution in [2.45, 2.75) is 32.9 Å². The minimum absolute atomic E-state index is 0.236. The number of aromatic nitrogens is 1. The van der Waals surface area contributed by atoms with Crippen molar-refractivity contribution >= 4 is 0 Å². The highest BCUT2D eigenvalue weighted by molar-refractivity contribution is 5.12. The summed E-state index contributed by atoms with van der Waals surface area (Å²) in [6.07, 6.45) is 2.67. The largest absolute Gasteiger partial charge is 0.396 e. The van der Waals surface area contributed by atoms with Crippen LogP contribution in [-0.4, -0.2) is 22.7 Å². The van der Waals surface area contributed by atoms with Crippen molar-refractivity contribution < 1.29 is 5.11 Å². The molecule has 0 spiro atoms. The van der Waals surface area contributed by atoms with Gasteiger partial charge in [-0.3, -0.25) is 4.98 Å². The maximum Gasteiger partial charge on any atom is 0.0445 e. The lowest BCUT2D eigenvalue weighted by molar-refractivity contribution is 0.268. The second-order valence-electron chi connectivity index (χ2n) is 3.60. The van der Waals surface area contributed by atoms with Crippen molar-refractivity contribution in [3.8, 4) is 0 Å². The van der Waals surface area contributed by atoms with Crippen molar-refractivity contribution in [3.63, 3.8) is 0 Å². The minimum atomic E-state index is 0.236. The van der Waals surface area contributed by atoms with E-state index < -0.39 is 0 Å². The summed E-state index contributed by atoms with van der Waals surface area (Å²) < 4.78 is 0. The topological polar surface area (TPSA) is 45.1 Å². The Kier molecular flexibility index (Phi) is 4.56. The van der Waals surface area contributed by atoms with Crippen LogP contribution in [0.1, 0.15) is 24.6 Å². The number of nitrogens with zero attached hydrogens (tertiary/aromatic N) is 1. The van der Waals surface area contributed by atoms with E-state index in [1.54, 1.807) is 0 Å². The van der Waals surface area contributed by atoms with E-state index in [4.69, 9.17) is 5.11 Å². The van der Waals surface area contributed by atoms with Gasteiger partial charge in [-0.1, -0.05) is 6.07 Å². The van der Waals surface area contributed by atoms with Gasteiger partial charge in [-0.25, -0.2) is 0 Å². The molecule has 3 heteroatoms. The lowest BCUT2D eigenvalue weighted by atomic mass is 10.2. The average molecular weight is 194 g/mol. The highest BCUT2D eigenvalue weighted by atomic mass is 16.3. The van der Waals surface area contributed by atoms with Crippen LogP contribution in [0.15, 0.2) is 18.3 Å². The molecule has 0 amide bonds. The molecule has 0 aliphatic rings. The normalized spacial score (nSPS) is 12.8. The van der Waals surface area contributed by atoms with E-state index >= 15 is 0 Å². The number of aryl methyl sites for hydroxylation is 1. The van der Waals surface area contributed by atoms with E-state index in [-0.39, 0.29) is 6.61 Å². The molecular weight excluding hydrogens is 176 g/mol. The van der Waals surface area contributed by atoms with Gasteiger partial charge < -0.3 is 10.4 Å². The number of hydrogen-bond acceptors (Lipinski definition) is 3. The van der Waals surface area contributed by atoms with Gasteiger partial charge in [0.25, 0.3) is 0 Å². The Morgan fingerprint density at radius 3 is 2.86 bits per heavy atom. The molecule has 0 saturated carbocycles. The molecule has 0 aliphatic carbocycles. The first-order chi connectivity index (χ1) is 6.72. The van der Waals surface area contributed by atoms with E-state index in [0.717, 1.165) is 18.7 Å². The van der Waals surface area contributed by atoms with Gasteiger partial charge in [-0.15, -0.1) is 0 Å². The monoisotopic (exact) mass is 194 g/mol. The summed E-state index contributed by atoms with van der Waals surface area (Å²) in [7, 11) is 0.